The molecule has 4 saturated carbocycles. The summed E-state index contributed by atoms with van der Waals surface area (Å²) in [5, 5.41) is 2.67. The molecule has 1 N–H and O–H groups in total. The zero-order valence-electron chi connectivity index (χ0n) is 11.8. The number of nitrogens with one attached hydrogen (secondary N) is 1. The summed E-state index contributed by atoms with van der Waals surface area (Å²) in [4.78, 5) is 11.7. The van der Waals surface area contributed by atoms with Crippen LogP contribution in [0.2, 0.25) is 0 Å². The van der Waals surface area contributed by atoms with E-state index in [9.17, 15) is 13.4 Å². The average Bonchev–Trinajstić information content (AvgIpc) is 2.41. The lowest BCUT2D eigenvalue weighted by Crippen LogP contribution is -2.52. The van der Waals surface area contributed by atoms with E-state index in [-0.39, 0.29) is 5.41 Å². The van der Waals surface area contributed by atoms with Crippen LogP contribution in [0.15, 0.2) is 0 Å². The Morgan fingerprint density at radius 1 is 1.30 bits per heavy atom. The lowest BCUT2D eigenvalue weighted by Gasteiger charge is -2.56. The highest BCUT2D eigenvalue weighted by molar-refractivity contribution is 7.81. The number of rotatable bonds is 5. The van der Waals surface area contributed by atoms with Crippen molar-refractivity contribution in [1.29, 1.82) is 0 Å². The Kier molecular flexibility index (Phi) is 3.88. The fraction of sp³-hybridized carbons (Fsp3) is 0.929. The summed E-state index contributed by atoms with van der Waals surface area (Å²) in [6, 6.07) is 0. The molecule has 1 amide bonds. The second kappa shape index (κ2) is 5.37. The first-order valence-electron chi connectivity index (χ1n) is 7.38. The molecule has 2 atom stereocenters. The first-order valence-corrected chi connectivity index (χ1v) is 8.52. The summed E-state index contributed by atoms with van der Waals surface area (Å²) >= 11 is -2.19. The summed E-state index contributed by atoms with van der Waals surface area (Å²) in [7, 11) is 1.13. The molecule has 4 rings (SSSR count). The van der Waals surface area contributed by atoms with Crippen molar-refractivity contribution in [2.45, 2.75) is 44.0 Å². The molecule has 4 aliphatic carbocycles. The van der Waals surface area contributed by atoms with Crippen molar-refractivity contribution in [2.75, 3.05) is 13.7 Å². The highest BCUT2D eigenvalue weighted by Crippen LogP contribution is 2.59. The maximum atomic E-state index is 13.5. The van der Waals surface area contributed by atoms with Crippen molar-refractivity contribution in [3.63, 3.8) is 0 Å². The molecule has 6 heteroatoms. The predicted octanol–water partition coefficient (Wildman–Crippen LogP) is 1.92. The third-order valence-corrected chi connectivity index (χ3v) is 6.22. The van der Waals surface area contributed by atoms with Crippen LogP contribution in [0.5, 0.6) is 0 Å². The Hall–Kier alpha value is -0.490. The quantitative estimate of drug-likeness (QED) is 0.844. The molecular formula is C14H22FNO3S. The van der Waals surface area contributed by atoms with Crippen LogP contribution < -0.4 is 5.32 Å². The van der Waals surface area contributed by atoms with Crippen LogP contribution in [-0.4, -0.2) is 29.3 Å². The Balaban J connectivity index is 1.58. The minimum absolute atomic E-state index is 0.165. The highest BCUT2D eigenvalue weighted by Gasteiger charge is 2.50. The summed E-state index contributed by atoms with van der Waals surface area (Å²) in [6.07, 6.45) is 7.49. The van der Waals surface area contributed by atoms with Gasteiger partial charge in [-0.1, -0.05) is 0 Å². The van der Waals surface area contributed by atoms with Crippen molar-refractivity contribution >= 4 is 17.0 Å². The average molecular weight is 303 g/mol. The molecule has 0 aromatic heterocycles. The molecule has 0 radical (unpaired) electrons. The summed E-state index contributed by atoms with van der Waals surface area (Å²) in [5.74, 6) is 1.59. The molecule has 114 valence electrons. The maximum Gasteiger partial charge on any atom is 0.277 e. The molecule has 0 aromatic rings. The van der Waals surface area contributed by atoms with Crippen LogP contribution in [0, 0.1) is 23.2 Å². The Labute approximate surface area is 121 Å². The van der Waals surface area contributed by atoms with Gasteiger partial charge in [0.15, 0.2) is 0 Å². The second-order valence-electron chi connectivity index (χ2n) is 6.88. The topological polar surface area (TPSA) is 55.4 Å². The molecule has 4 bridgehead atoms. The second-order valence-corrected chi connectivity index (χ2v) is 8.15. The fourth-order valence-electron chi connectivity index (χ4n) is 5.03. The van der Waals surface area contributed by atoms with E-state index < -0.39 is 22.5 Å². The van der Waals surface area contributed by atoms with Crippen molar-refractivity contribution in [1.82, 2.24) is 5.32 Å². The third-order valence-electron chi connectivity index (χ3n) is 5.34. The lowest BCUT2D eigenvalue weighted by molar-refractivity contribution is -0.125. The number of halogens is 1. The van der Waals surface area contributed by atoms with Crippen molar-refractivity contribution in [2.24, 2.45) is 23.2 Å². The molecule has 2 unspecified atom stereocenters. The van der Waals surface area contributed by atoms with E-state index in [4.69, 9.17) is 0 Å². The maximum absolute atomic E-state index is 13.5. The van der Waals surface area contributed by atoms with Gasteiger partial charge in [0, 0.05) is 6.54 Å². The van der Waals surface area contributed by atoms with Gasteiger partial charge in [-0.15, -0.1) is 0 Å². The van der Waals surface area contributed by atoms with Gasteiger partial charge in [-0.25, -0.2) is 8.60 Å². The first kappa shape index (κ1) is 14.4. The fourth-order valence-corrected chi connectivity index (χ4v) is 5.46. The minimum atomic E-state index is -2.19. The van der Waals surface area contributed by atoms with Crippen LogP contribution >= 0.6 is 0 Å². The molecule has 4 fully saturated rings. The molecule has 0 aliphatic heterocycles. The van der Waals surface area contributed by atoms with E-state index in [1.165, 1.54) is 19.3 Å². The Morgan fingerprint density at radius 2 is 1.80 bits per heavy atom. The number of carbonyl (C=O) groups is 1. The van der Waals surface area contributed by atoms with E-state index >= 15 is 0 Å². The largest absolute Gasteiger partial charge is 0.352 e. The molecule has 4 aliphatic rings. The number of alkyl halides is 1. The van der Waals surface area contributed by atoms with Crippen LogP contribution in [0.1, 0.15) is 38.5 Å². The van der Waals surface area contributed by atoms with Gasteiger partial charge in [-0.3, -0.25) is 8.98 Å². The number of hydrogen-bond donors (Lipinski definition) is 1. The molecule has 0 aromatic carbocycles. The van der Waals surface area contributed by atoms with Gasteiger partial charge in [0.25, 0.3) is 11.4 Å². The predicted molar refractivity (Wildman–Crippen MR) is 73.7 cm³/mol. The van der Waals surface area contributed by atoms with E-state index in [0.29, 0.717) is 6.54 Å². The van der Waals surface area contributed by atoms with Crippen LogP contribution in [0.4, 0.5) is 4.39 Å². The standard InChI is InChI=1S/C14H22FNO3S/c1-19-20(18)12(15)13(17)16-8-14-5-9-2-10(6-14)4-11(3-9)7-14/h9-12H,2-8H2,1H3,(H,16,17). The molecule has 4 nitrogen and oxygen atoms in total. The molecule has 0 heterocycles. The van der Waals surface area contributed by atoms with Crippen molar-refractivity contribution in [3.8, 4) is 0 Å². The van der Waals surface area contributed by atoms with E-state index in [1.54, 1.807) is 0 Å². The Morgan fingerprint density at radius 3 is 2.25 bits per heavy atom. The van der Waals surface area contributed by atoms with Gasteiger partial charge >= 0.3 is 0 Å². The molecular weight excluding hydrogens is 281 g/mol. The normalized spacial score (nSPS) is 41.4. The van der Waals surface area contributed by atoms with Gasteiger partial charge in [-0.05, 0) is 61.7 Å². The highest BCUT2D eigenvalue weighted by atomic mass is 32.2. The van der Waals surface area contributed by atoms with Crippen LogP contribution in [0.3, 0.4) is 0 Å². The summed E-state index contributed by atoms with van der Waals surface area (Å²) < 4.78 is 29.0. The van der Waals surface area contributed by atoms with Gasteiger partial charge in [0.05, 0.1) is 7.11 Å². The van der Waals surface area contributed by atoms with Gasteiger partial charge in [0.1, 0.15) is 0 Å². The number of amides is 1. The molecule has 0 saturated heterocycles. The lowest BCUT2D eigenvalue weighted by atomic mass is 9.49. The zero-order valence-corrected chi connectivity index (χ0v) is 12.6. The van der Waals surface area contributed by atoms with Crippen molar-refractivity contribution < 1.29 is 17.6 Å². The molecule has 20 heavy (non-hydrogen) atoms. The first-order chi connectivity index (χ1) is 9.51. The van der Waals surface area contributed by atoms with Gasteiger partial charge in [0.2, 0.25) is 11.1 Å². The van der Waals surface area contributed by atoms with E-state index in [0.717, 1.165) is 44.1 Å². The van der Waals surface area contributed by atoms with Crippen molar-refractivity contribution in [3.05, 3.63) is 0 Å². The number of hydrogen-bond acceptors (Lipinski definition) is 3. The summed E-state index contributed by atoms with van der Waals surface area (Å²) in [5.41, 5.74) is -1.92. The monoisotopic (exact) mass is 303 g/mol. The van der Waals surface area contributed by atoms with Gasteiger partial charge < -0.3 is 5.32 Å². The third kappa shape index (κ3) is 2.64. The zero-order chi connectivity index (χ0) is 14.3. The van der Waals surface area contributed by atoms with Crippen LogP contribution in [0.25, 0.3) is 0 Å². The molecule has 0 spiro atoms. The Bertz CT molecular complexity index is 393. The van der Waals surface area contributed by atoms with Crippen LogP contribution in [-0.2, 0) is 20.1 Å². The van der Waals surface area contributed by atoms with Gasteiger partial charge in [-0.2, -0.15) is 0 Å². The SMILES string of the molecule is COS(=O)C(F)C(=O)NCC12CC3CC(CC(C3)C1)C2. The number of carbonyl (C=O) groups excluding carboxylic acids is 1. The van der Waals surface area contributed by atoms with E-state index in [1.807, 2.05) is 0 Å². The summed E-state index contributed by atoms with van der Waals surface area (Å²) in [6.45, 7) is 0.524. The van der Waals surface area contributed by atoms with E-state index in [2.05, 4.69) is 9.50 Å². The minimum Gasteiger partial charge on any atom is -0.352 e. The smallest absolute Gasteiger partial charge is 0.277 e.